The highest BCUT2D eigenvalue weighted by molar-refractivity contribution is 7.22. The first kappa shape index (κ1) is 26.7. The SMILES string of the molecule is CCCCOc1cccc(C(O)=C2C(=O)C(=O)N(c3nc4ccc(Cl)cc4s3)C2c2ccc(N(C)C)cc2)c1. The lowest BCUT2D eigenvalue weighted by Gasteiger charge is -2.23. The molecule has 1 unspecified atom stereocenters. The van der Waals surface area contributed by atoms with Crippen molar-refractivity contribution in [2.45, 2.75) is 25.8 Å². The Bertz CT molecular complexity index is 1580. The number of aliphatic hydroxyl groups is 1. The van der Waals surface area contributed by atoms with Crippen molar-refractivity contribution < 1.29 is 19.4 Å². The van der Waals surface area contributed by atoms with Crippen LogP contribution >= 0.6 is 22.9 Å². The number of carbonyl (C=O) groups is 2. The summed E-state index contributed by atoms with van der Waals surface area (Å²) < 4.78 is 6.60. The normalized spacial score (nSPS) is 16.7. The van der Waals surface area contributed by atoms with Crippen LogP contribution in [-0.4, -0.2) is 42.5 Å². The molecule has 0 radical (unpaired) electrons. The standard InChI is InChI=1S/C30H28ClN3O4S/c1-4-5-15-38-22-8-6-7-19(16-22)27(35)25-26(18-9-12-21(13-10-18)33(2)3)34(29(37)28(25)36)30-32-23-14-11-20(31)17-24(23)39-30/h6-14,16-17,26,35H,4-5,15H2,1-3H3. The van der Waals surface area contributed by atoms with Crippen LogP contribution in [0.4, 0.5) is 10.8 Å². The molecule has 2 heterocycles. The summed E-state index contributed by atoms with van der Waals surface area (Å²) in [6.45, 7) is 2.63. The fraction of sp³-hybridized carbons (Fsp3) is 0.233. The average Bonchev–Trinajstić information content (AvgIpc) is 3.46. The molecule has 0 saturated carbocycles. The third kappa shape index (κ3) is 5.22. The van der Waals surface area contributed by atoms with Gasteiger partial charge in [-0.3, -0.25) is 14.5 Å². The van der Waals surface area contributed by atoms with Crippen LogP contribution in [0.5, 0.6) is 5.75 Å². The molecule has 200 valence electrons. The molecule has 1 N–H and O–H groups in total. The summed E-state index contributed by atoms with van der Waals surface area (Å²) >= 11 is 7.45. The van der Waals surface area contributed by atoms with Crippen molar-refractivity contribution in [1.82, 2.24) is 4.98 Å². The van der Waals surface area contributed by atoms with Gasteiger partial charge in [0.15, 0.2) is 5.13 Å². The minimum Gasteiger partial charge on any atom is -0.507 e. The van der Waals surface area contributed by atoms with Gasteiger partial charge in [-0.1, -0.05) is 60.5 Å². The summed E-state index contributed by atoms with van der Waals surface area (Å²) in [5.41, 5.74) is 2.70. The molecule has 9 heteroatoms. The molecule has 1 amide bonds. The Morgan fingerprint density at radius 2 is 1.87 bits per heavy atom. The molecule has 0 aliphatic carbocycles. The predicted octanol–water partition coefficient (Wildman–Crippen LogP) is 6.82. The molecular formula is C30H28ClN3O4S. The molecule has 39 heavy (non-hydrogen) atoms. The third-order valence-corrected chi connectivity index (χ3v) is 7.84. The molecule has 5 rings (SSSR count). The van der Waals surface area contributed by atoms with E-state index in [0.29, 0.717) is 39.2 Å². The van der Waals surface area contributed by atoms with Crippen LogP contribution in [-0.2, 0) is 9.59 Å². The number of anilines is 2. The first-order valence-electron chi connectivity index (χ1n) is 12.7. The monoisotopic (exact) mass is 561 g/mol. The van der Waals surface area contributed by atoms with Gasteiger partial charge in [-0.15, -0.1) is 0 Å². The third-order valence-electron chi connectivity index (χ3n) is 6.59. The van der Waals surface area contributed by atoms with E-state index in [1.807, 2.05) is 43.3 Å². The first-order valence-corrected chi connectivity index (χ1v) is 13.9. The first-order chi connectivity index (χ1) is 18.8. The summed E-state index contributed by atoms with van der Waals surface area (Å²) in [6.07, 6.45) is 1.89. The number of aliphatic hydroxyl groups excluding tert-OH is 1. The van der Waals surface area contributed by atoms with E-state index in [4.69, 9.17) is 16.3 Å². The second kappa shape index (κ2) is 11.1. The molecule has 0 bridgehead atoms. The number of hydrogen-bond acceptors (Lipinski definition) is 7. The van der Waals surface area contributed by atoms with Gasteiger partial charge in [0.25, 0.3) is 5.78 Å². The van der Waals surface area contributed by atoms with Gasteiger partial charge in [-0.2, -0.15) is 0 Å². The predicted molar refractivity (Wildman–Crippen MR) is 157 cm³/mol. The zero-order chi connectivity index (χ0) is 27.7. The molecule has 0 spiro atoms. The van der Waals surface area contributed by atoms with E-state index in [1.54, 1.807) is 42.5 Å². The summed E-state index contributed by atoms with van der Waals surface area (Å²) in [6, 6.07) is 18.9. The highest BCUT2D eigenvalue weighted by atomic mass is 35.5. The van der Waals surface area contributed by atoms with E-state index in [0.717, 1.165) is 23.2 Å². The van der Waals surface area contributed by atoms with Crippen molar-refractivity contribution in [3.05, 3.63) is 88.5 Å². The number of aromatic nitrogens is 1. The molecule has 3 aromatic carbocycles. The van der Waals surface area contributed by atoms with Crippen LogP contribution in [0.1, 0.15) is 36.9 Å². The second-order valence-corrected chi connectivity index (χ2v) is 10.9. The number of thiazole rings is 1. The molecular weight excluding hydrogens is 534 g/mol. The van der Waals surface area contributed by atoms with Gasteiger partial charge in [-0.25, -0.2) is 4.98 Å². The highest BCUT2D eigenvalue weighted by Gasteiger charge is 2.48. The maximum atomic E-state index is 13.5. The van der Waals surface area contributed by atoms with E-state index < -0.39 is 17.7 Å². The number of fused-ring (bicyclic) bond motifs is 1. The molecule has 1 fully saturated rings. The Hall–Kier alpha value is -3.88. The quantitative estimate of drug-likeness (QED) is 0.110. The Morgan fingerprint density at radius 3 is 2.59 bits per heavy atom. The maximum Gasteiger partial charge on any atom is 0.301 e. The molecule has 1 aliphatic heterocycles. The lowest BCUT2D eigenvalue weighted by atomic mass is 9.95. The van der Waals surface area contributed by atoms with E-state index in [1.165, 1.54) is 16.2 Å². The van der Waals surface area contributed by atoms with Crippen molar-refractivity contribution in [3.8, 4) is 5.75 Å². The van der Waals surface area contributed by atoms with Gasteiger partial charge in [-0.05, 0) is 54.4 Å². The highest BCUT2D eigenvalue weighted by Crippen LogP contribution is 2.45. The fourth-order valence-electron chi connectivity index (χ4n) is 4.51. The maximum absolute atomic E-state index is 13.5. The number of unbranched alkanes of at least 4 members (excludes halogenated alkanes) is 1. The zero-order valence-electron chi connectivity index (χ0n) is 21.8. The van der Waals surface area contributed by atoms with Crippen LogP contribution in [0.3, 0.4) is 0 Å². The van der Waals surface area contributed by atoms with Crippen molar-refractivity contribution >= 4 is 61.4 Å². The van der Waals surface area contributed by atoms with Gasteiger partial charge in [0.2, 0.25) is 0 Å². The van der Waals surface area contributed by atoms with Crippen LogP contribution in [0.2, 0.25) is 5.02 Å². The summed E-state index contributed by atoms with van der Waals surface area (Å²) in [4.78, 5) is 35.0. The van der Waals surface area contributed by atoms with Gasteiger partial charge in [0.05, 0.1) is 28.4 Å². The Kier molecular flexibility index (Phi) is 7.59. The van der Waals surface area contributed by atoms with Gasteiger partial charge in [0, 0.05) is 30.4 Å². The number of nitrogens with zero attached hydrogens (tertiary/aromatic N) is 3. The second-order valence-electron chi connectivity index (χ2n) is 9.49. The van der Waals surface area contributed by atoms with Crippen LogP contribution in [0.15, 0.2) is 72.3 Å². The number of amides is 1. The van der Waals surface area contributed by atoms with Crippen LogP contribution in [0.25, 0.3) is 16.0 Å². The number of benzene rings is 3. The lowest BCUT2D eigenvalue weighted by molar-refractivity contribution is -0.132. The van der Waals surface area contributed by atoms with E-state index in [2.05, 4.69) is 11.9 Å². The molecule has 4 aromatic rings. The molecule has 1 saturated heterocycles. The Labute approximate surface area is 235 Å². The summed E-state index contributed by atoms with van der Waals surface area (Å²) in [5.74, 6) is -1.21. The minimum absolute atomic E-state index is 0.000555. The zero-order valence-corrected chi connectivity index (χ0v) is 23.4. The Balaban J connectivity index is 1.65. The summed E-state index contributed by atoms with van der Waals surface area (Å²) in [5, 5.41) is 12.4. The largest absolute Gasteiger partial charge is 0.507 e. The minimum atomic E-state index is -0.873. The number of ketones is 1. The topological polar surface area (TPSA) is 83.0 Å². The van der Waals surface area contributed by atoms with Gasteiger partial charge in [0.1, 0.15) is 11.5 Å². The van der Waals surface area contributed by atoms with Crippen molar-refractivity contribution in [3.63, 3.8) is 0 Å². The summed E-state index contributed by atoms with van der Waals surface area (Å²) in [7, 11) is 3.87. The van der Waals surface area contributed by atoms with Crippen molar-refractivity contribution in [2.75, 3.05) is 30.5 Å². The van der Waals surface area contributed by atoms with Gasteiger partial charge >= 0.3 is 5.91 Å². The number of hydrogen-bond donors (Lipinski definition) is 1. The number of Topliss-reactive ketones (excluding diaryl/α,β-unsaturated/α-hetero) is 1. The number of ether oxygens (including phenoxy) is 1. The van der Waals surface area contributed by atoms with Crippen molar-refractivity contribution in [2.24, 2.45) is 0 Å². The molecule has 1 aromatic heterocycles. The van der Waals surface area contributed by atoms with Gasteiger partial charge < -0.3 is 14.7 Å². The Morgan fingerprint density at radius 1 is 1.10 bits per heavy atom. The number of halogens is 1. The van der Waals surface area contributed by atoms with Crippen LogP contribution < -0.4 is 14.5 Å². The van der Waals surface area contributed by atoms with Crippen molar-refractivity contribution in [1.29, 1.82) is 0 Å². The van der Waals surface area contributed by atoms with E-state index in [9.17, 15) is 14.7 Å². The molecule has 1 aliphatic rings. The lowest BCUT2D eigenvalue weighted by Crippen LogP contribution is -2.29. The number of carbonyl (C=O) groups excluding carboxylic acids is 2. The van der Waals surface area contributed by atoms with E-state index >= 15 is 0 Å². The van der Waals surface area contributed by atoms with Crippen LogP contribution in [0, 0.1) is 0 Å². The molecule has 7 nitrogen and oxygen atoms in total. The number of rotatable bonds is 8. The molecule has 1 atom stereocenters. The fourth-order valence-corrected chi connectivity index (χ4v) is 5.78. The average molecular weight is 562 g/mol. The smallest absolute Gasteiger partial charge is 0.301 e. The van der Waals surface area contributed by atoms with E-state index in [-0.39, 0.29) is 11.3 Å².